The maximum absolute atomic E-state index is 12.2. The summed E-state index contributed by atoms with van der Waals surface area (Å²) in [6.45, 7) is 5.14. The summed E-state index contributed by atoms with van der Waals surface area (Å²) in [5.41, 5.74) is 0. The van der Waals surface area contributed by atoms with Crippen molar-refractivity contribution in [1.29, 1.82) is 0 Å². The van der Waals surface area contributed by atoms with Crippen molar-refractivity contribution in [2.45, 2.75) is 64.1 Å². The van der Waals surface area contributed by atoms with E-state index in [1.54, 1.807) is 0 Å². The van der Waals surface area contributed by atoms with Gasteiger partial charge in [0.25, 0.3) is 0 Å². The van der Waals surface area contributed by atoms with Gasteiger partial charge in [0.2, 0.25) is 11.8 Å². The average molecular weight is 268 g/mol. The molecule has 1 atom stereocenters. The van der Waals surface area contributed by atoms with Gasteiger partial charge in [-0.1, -0.05) is 12.8 Å². The minimum Gasteiger partial charge on any atom is -0.377 e. The van der Waals surface area contributed by atoms with Crippen LogP contribution in [0.15, 0.2) is 0 Å². The van der Waals surface area contributed by atoms with Crippen LogP contribution >= 0.6 is 0 Å². The first-order valence-electron chi connectivity index (χ1n) is 7.30. The molecule has 1 heterocycles. The molecule has 0 aromatic heterocycles. The van der Waals surface area contributed by atoms with Crippen LogP contribution in [-0.4, -0.2) is 48.1 Å². The van der Waals surface area contributed by atoms with E-state index in [1.807, 2.05) is 13.8 Å². The second kappa shape index (κ2) is 6.48. The van der Waals surface area contributed by atoms with Gasteiger partial charge in [0.05, 0.1) is 25.2 Å². The summed E-state index contributed by atoms with van der Waals surface area (Å²) in [5, 5.41) is 3.13. The number of amides is 2. The van der Waals surface area contributed by atoms with Crippen molar-refractivity contribution in [2.24, 2.45) is 0 Å². The second-order valence-corrected chi connectivity index (χ2v) is 5.67. The average Bonchev–Trinajstić information content (AvgIpc) is 2.94. The molecular weight excluding hydrogens is 244 g/mol. The first-order chi connectivity index (χ1) is 9.09. The normalized spacial score (nSPS) is 25.0. The number of hydrogen-bond acceptors (Lipinski definition) is 4. The molecule has 0 aromatic carbocycles. The zero-order valence-electron chi connectivity index (χ0n) is 11.9. The molecule has 2 amide bonds. The Morgan fingerprint density at radius 3 is 2.63 bits per heavy atom. The van der Waals surface area contributed by atoms with Gasteiger partial charge in [-0.05, 0) is 26.7 Å². The van der Waals surface area contributed by atoms with Crippen molar-refractivity contribution in [2.75, 3.05) is 13.2 Å². The van der Waals surface area contributed by atoms with Crippen molar-refractivity contribution >= 4 is 11.8 Å². The predicted molar refractivity (Wildman–Crippen MR) is 71.6 cm³/mol. The van der Waals surface area contributed by atoms with Crippen LogP contribution < -0.4 is 5.32 Å². The van der Waals surface area contributed by atoms with Crippen LogP contribution in [-0.2, 0) is 14.3 Å². The van der Waals surface area contributed by atoms with Gasteiger partial charge in [-0.25, -0.2) is 0 Å². The maximum atomic E-state index is 12.2. The monoisotopic (exact) mass is 268 g/mol. The second-order valence-electron chi connectivity index (χ2n) is 5.67. The summed E-state index contributed by atoms with van der Waals surface area (Å²) in [7, 11) is 0. The first kappa shape index (κ1) is 14.5. The molecule has 1 saturated carbocycles. The smallest absolute Gasteiger partial charge is 0.247 e. The highest BCUT2D eigenvalue weighted by Gasteiger charge is 2.42. The number of rotatable bonds is 6. The fraction of sp³-hybridized carbons (Fsp3) is 0.857. The molecule has 1 aliphatic heterocycles. The summed E-state index contributed by atoms with van der Waals surface area (Å²) in [5.74, 6) is -0.0550. The topological polar surface area (TPSA) is 58.6 Å². The lowest BCUT2D eigenvalue weighted by Crippen LogP contribution is -2.43. The van der Waals surface area contributed by atoms with E-state index >= 15 is 0 Å². The minimum atomic E-state index is -0.344. The maximum Gasteiger partial charge on any atom is 0.247 e. The lowest BCUT2D eigenvalue weighted by molar-refractivity contribution is -0.141. The molecule has 0 bridgehead atoms. The molecule has 5 nitrogen and oxygen atoms in total. The highest BCUT2D eigenvalue weighted by Crippen LogP contribution is 2.27. The molecule has 5 heteroatoms. The van der Waals surface area contributed by atoms with E-state index in [0.29, 0.717) is 19.6 Å². The molecule has 1 unspecified atom stereocenters. The number of ether oxygens (including phenoxy) is 1. The van der Waals surface area contributed by atoms with E-state index < -0.39 is 0 Å². The van der Waals surface area contributed by atoms with Crippen molar-refractivity contribution in [3.63, 3.8) is 0 Å². The SMILES string of the molecule is CC(C)OCCNC1CC(=O)N(C2CCCC2)C1=O. The Hall–Kier alpha value is -0.940. The van der Waals surface area contributed by atoms with Crippen molar-refractivity contribution < 1.29 is 14.3 Å². The highest BCUT2D eigenvalue weighted by atomic mass is 16.5. The third-order valence-electron chi connectivity index (χ3n) is 3.82. The van der Waals surface area contributed by atoms with Gasteiger partial charge in [0.1, 0.15) is 0 Å². The Bertz CT molecular complexity index is 338. The van der Waals surface area contributed by atoms with Crippen LogP contribution in [0.4, 0.5) is 0 Å². The number of nitrogens with one attached hydrogen (secondary N) is 1. The van der Waals surface area contributed by atoms with Crippen molar-refractivity contribution in [1.82, 2.24) is 10.2 Å². The molecule has 2 fully saturated rings. The molecule has 0 radical (unpaired) electrons. The van der Waals surface area contributed by atoms with Crippen LogP contribution in [0, 0.1) is 0 Å². The predicted octanol–water partition coefficient (Wildman–Crippen LogP) is 1.07. The van der Waals surface area contributed by atoms with Gasteiger partial charge < -0.3 is 10.1 Å². The van der Waals surface area contributed by atoms with Gasteiger partial charge in [-0.3, -0.25) is 14.5 Å². The van der Waals surface area contributed by atoms with Gasteiger partial charge in [0, 0.05) is 12.6 Å². The number of carbonyl (C=O) groups excluding carboxylic acids is 2. The molecule has 1 N–H and O–H groups in total. The molecule has 2 rings (SSSR count). The number of imide groups is 1. The van der Waals surface area contributed by atoms with E-state index in [0.717, 1.165) is 25.7 Å². The fourth-order valence-electron chi connectivity index (χ4n) is 2.88. The van der Waals surface area contributed by atoms with Gasteiger partial charge in [-0.15, -0.1) is 0 Å². The van der Waals surface area contributed by atoms with Crippen LogP contribution in [0.25, 0.3) is 0 Å². The van der Waals surface area contributed by atoms with E-state index in [1.165, 1.54) is 4.90 Å². The Balaban J connectivity index is 1.80. The van der Waals surface area contributed by atoms with Gasteiger partial charge in [-0.2, -0.15) is 0 Å². The van der Waals surface area contributed by atoms with Crippen LogP contribution in [0.2, 0.25) is 0 Å². The standard InChI is InChI=1S/C14H24N2O3/c1-10(2)19-8-7-15-12-9-13(17)16(14(12)18)11-5-3-4-6-11/h10-12,15H,3-9H2,1-2H3. The van der Waals surface area contributed by atoms with Crippen molar-refractivity contribution in [3.8, 4) is 0 Å². The Labute approximate surface area is 114 Å². The zero-order chi connectivity index (χ0) is 13.8. The third-order valence-corrected chi connectivity index (χ3v) is 3.82. The lowest BCUT2D eigenvalue weighted by Gasteiger charge is -2.22. The molecule has 2 aliphatic rings. The Kier molecular flexibility index (Phi) is 4.93. The van der Waals surface area contributed by atoms with Crippen LogP contribution in [0.3, 0.4) is 0 Å². The number of nitrogens with zero attached hydrogens (tertiary/aromatic N) is 1. The molecule has 0 spiro atoms. The molecule has 19 heavy (non-hydrogen) atoms. The summed E-state index contributed by atoms with van der Waals surface area (Å²) in [6.07, 6.45) is 4.69. The Morgan fingerprint density at radius 1 is 1.32 bits per heavy atom. The van der Waals surface area contributed by atoms with E-state index in [9.17, 15) is 9.59 Å². The van der Waals surface area contributed by atoms with E-state index in [-0.39, 0.29) is 30.0 Å². The number of carbonyl (C=O) groups is 2. The fourth-order valence-corrected chi connectivity index (χ4v) is 2.88. The van der Waals surface area contributed by atoms with Crippen LogP contribution in [0.1, 0.15) is 46.0 Å². The molecule has 1 aliphatic carbocycles. The molecule has 108 valence electrons. The molecular formula is C14H24N2O3. The van der Waals surface area contributed by atoms with Crippen LogP contribution in [0.5, 0.6) is 0 Å². The zero-order valence-corrected chi connectivity index (χ0v) is 11.9. The quantitative estimate of drug-likeness (QED) is 0.578. The number of likely N-dealkylation sites (tertiary alicyclic amines) is 1. The van der Waals surface area contributed by atoms with E-state index in [2.05, 4.69) is 5.32 Å². The van der Waals surface area contributed by atoms with Gasteiger partial charge >= 0.3 is 0 Å². The summed E-state index contributed by atoms with van der Waals surface area (Å²) >= 11 is 0. The Morgan fingerprint density at radius 2 is 2.00 bits per heavy atom. The highest BCUT2D eigenvalue weighted by molar-refractivity contribution is 6.05. The van der Waals surface area contributed by atoms with Crippen molar-refractivity contribution in [3.05, 3.63) is 0 Å². The minimum absolute atomic E-state index is 0.0147. The number of hydrogen-bond donors (Lipinski definition) is 1. The first-order valence-corrected chi connectivity index (χ1v) is 7.30. The lowest BCUT2D eigenvalue weighted by atomic mass is 10.2. The molecule has 1 saturated heterocycles. The summed E-state index contributed by atoms with van der Waals surface area (Å²) < 4.78 is 5.42. The van der Waals surface area contributed by atoms with Gasteiger partial charge in [0.15, 0.2) is 0 Å². The molecule has 0 aromatic rings. The summed E-state index contributed by atoms with van der Waals surface area (Å²) in [4.78, 5) is 25.7. The van der Waals surface area contributed by atoms with E-state index in [4.69, 9.17) is 4.74 Å². The largest absolute Gasteiger partial charge is 0.377 e. The third kappa shape index (κ3) is 3.54. The summed E-state index contributed by atoms with van der Waals surface area (Å²) in [6, 6.07) is -0.192.